The summed E-state index contributed by atoms with van der Waals surface area (Å²) in [6.07, 6.45) is 2.48. The summed E-state index contributed by atoms with van der Waals surface area (Å²) >= 11 is 2.95. The van der Waals surface area contributed by atoms with E-state index >= 15 is 0 Å². The Morgan fingerprint density at radius 3 is 2.00 bits per heavy atom. The maximum absolute atomic E-state index is 11.0. The molecule has 0 radical (unpaired) electrons. The second-order valence-corrected chi connectivity index (χ2v) is 4.28. The highest BCUT2D eigenvalue weighted by Crippen LogP contribution is 2.44. The van der Waals surface area contributed by atoms with Gasteiger partial charge in [0, 0.05) is 0 Å². The third kappa shape index (κ3) is 1.70. The van der Waals surface area contributed by atoms with Gasteiger partial charge in [0.1, 0.15) is 4.83 Å². The Morgan fingerprint density at radius 1 is 1.23 bits per heavy atom. The lowest BCUT2D eigenvalue weighted by atomic mass is 9.83. The molecule has 1 atom stereocenters. The van der Waals surface area contributed by atoms with E-state index in [1.807, 2.05) is 0 Å². The first kappa shape index (κ1) is 10.5. The lowest BCUT2D eigenvalue weighted by molar-refractivity contribution is -0.154. The number of alkyl halides is 1. The van der Waals surface area contributed by atoms with Crippen LogP contribution in [0.3, 0.4) is 0 Å². The van der Waals surface area contributed by atoms with E-state index in [2.05, 4.69) is 15.9 Å². The van der Waals surface area contributed by atoms with Crippen LogP contribution < -0.4 is 0 Å². The highest BCUT2D eigenvalue weighted by atomic mass is 79.9. The van der Waals surface area contributed by atoms with Crippen LogP contribution in [-0.4, -0.2) is 27.0 Å². The Morgan fingerprint density at radius 2 is 1.69 bits per heavy atom. The van der Waals surface area contributed by atoms with Gasteiger partial charge in [0.05, 0.1) is 5.41 Å². The molecule has 1 aliphatic carbocycles. The maximum Gasteiger partial charge on any atom is 0.318 e. The van der Waals surface area contributed by atoms with Gasteiger partial charge in [-0.3, -0.25) is 9.59 Å². The molecule has 0 amide bonds. The van der Waals surface area contributed by atoms with Crippen LogP contribution in [0.1, 0.15) is 25.7 Å². The molecule has 5 heteroatoms. The number of hydrogen-bond donors (Lipinski definition) is 2. The van der Waals surface area contributed by atoms with E-state index in [1.165, 1.54) is 0 Å². The molecule has 13 heavy (non-hydrogen) atoms. The van der Waals surface area contributed by atoms with Gasteiger partial charge in [-0.15, -0.1) is 0 Å². The van der Waals surface area contributed by atoms with E-state index in [9.17, 15) is 9.59 Å². The minimum absolute atomic E-state index is 0.449. The van der Waals surface area contributed by atoms with Crippen LogP contribution in [0, 0.1) is 5.41 Å². The molecule has 2 N–H and O–H groups in total. The van der Waals surface area contributed by atoms with Crippen LogP contribution in [0.4, 0.5) is 0 Å². The first-order valence-corrected chi connectivity index (χ1v) is 5.02. The van der Waals surface area contributed by atoms with Gasteiger partial charge in [-0.1, -0.05) is 28.8 Å². The third-order valence-electron chi connectivity index (χ3n) is 2.62. The van der Waals surface area contributed by atoms with E-state index in [4.69, 9.17) is 10.2 Å². The molecule has 1 saturated carbocycles. The number of hydrogen-bond acceptors (Lipinski definition) is 2. The van der Waals surface area contributed by atoms with Crippen LogP contribution in [0.25, 0.3) is 0 Å². The van der Waals surface area contributed by atoms with Crippen LogP contribution in [0.5, 0.6) is 0 Å². The molecule has 0 bridgehead atoms. The standard InChI is InChI=1S/C8H11BrO4/c9-5(6(10)11)8(7(12)13)3-1-2-4-8/h5H,1-4H2,(H,10,11)(H,12,13). The highest BCUT2D eigenvalue weighted by Gasteiger charge is 2.50. The van der Waals surface area contributed by atoms with Crippen molar-refractivity contribution in [1.29, 1.82) is 0 Å². The average molecular weight is 251 g/mol. The molecule has 0 aromatic heterocycles. The van der Waals surface area contributed by atoms with Gasteiger partial charge in [-0.05, 0) is 12.8 Å². The zero-order valence-electron chi connectivity index (χ0n) is 6.99. The van der Waals surface area contributed by atoms with Gasteiger partial charge in [0.25, 0.3) is 0 Å². The predicted octanol–water partition coefficient (Wildman–Crippen LogP) is 1.48. The fourth-order valence-electron chi connectivity index (χ4n) is 1.82. The van der Waals surface area contributed by atoms with Crippen molar-refractivity contribution >= 4 is 27.9 Å². The highest BCUT2D eigenvalue weighted by molar-refractivity contribution is 9.10. The van der Waals surface area contributed by atoms with Gasteiger partial charge < -0.3 is 10.2 Å². The average Bonchev–Trinajstić information content (AvgIpc) is 2.51. The minimum Gasteiger partial charge on any atom is -0.481 e. The maximum atomic E-state index is 11.0. The van der Waals surface area contributed by atoms with Gasteiger partial charge in [-0.25, -0.2) is 0 Å². The van der Waals surface area contributed by atoms with Crippen LogP contribution >= 0.6 is 15.9 Å². The van der Waals surface area contributed by atoms with Crippen LogP contribution in [-0.2, 0) is 9.59 Å². The summed E-state index contributed by atoms with van der Waals surface area (Å²) < 4.78 is 0. The molecule has 0 aliphatic heterocycles. The monoisotopic (exact) mass is 250 g/mol. The molecule has 4 nitrogen and oxygen atoms in total. The number of carboxylic acid groups (broad SMARTS) is 2. The topological polar surface area (TPSA) is 74.6 Å². The zero-order chi connectivity index (χ0) is 10.1. The van der Waals surface area contributed by atoms with E-state index < -0.39 is 22.2 Å². The Labute approximate surface area is 84.1 Å². The summed E-state index contributed by atoms with van der Waals surface area (Å²) in [5.41, 5.74) is -1.09. The summed E-state index contributed by atoms with van der Waals surface area (Å²) in [4.78, 5) is 20.7. The van der Waals surface area contributed by atoms with Crippen LogP contribution in [0.15, 0.2) is 0 Å². The molecule has 1 aliphatic rings. The van der Waals surface area contributed by atoms with Crippen molar-refractivity contribution in [2.45, 2.75) is 30.5 Å². The van der Waals surface area contributed by atoms with E-state index in [0.29, 0.717) is 12.8 Å². The number of rotatable bonds is 3. The van der Waals surface area contributed by atoms with Gasteiger partial charge in [0.2, 0.25) is 0 Å². The van der Waals surface area contributed by atoms with E-state index in [0.717, 1.165) is 12.8 Å². The lowest BCUT2D eigenvalue weighted by Gasteiger charge is -2.26. The smallest absolute Gasteiger partial charge is 0.318 e. The molecular weight excluding hydrogens is 240 g/mol. The normalized spacial score (nSPS) is 22.5. The number of carboxylic acids is 2. The van der Waals surface area contributed by atoms with Crippen molar-refractivity contribution < 1.29 is 19.8 Å². The summed E-state index contributed by atoms with van der Waals surface area (Å²) in [6, 6.07) is 0. The fraction of sp³-hybridized carbons (Fsp3) is 0.750. The van der Waals surface area contributed by atoms with Gasteiger partial charge in [-0.2, -0.15) is 0 Å². The van der Waals surface area contributed by atoms with Crippen molar-refractivity contribution in [2.75, 3.05) is 0 Å². The molecule has 1 fully saturated rings. The summed E-state index contributed by atoms with van der Waals surface area (Å²) in [5, 5.41) is 17.7. The molecule has 0 spiro atoms. The fourth-order valence-corrected chi connectivity index (χ4v) is 2.47. The van der Waals surface area contributed by atoms with Crippen molar-refractivity contribution in [1.82, 2.24) is 0 Å². The quantitative estimate of drug-likeness (QED) is 0.745. The molecular formula is C8H11BrO4. The van der Waals surface area contributed by atoms with Crippen molar-refractivity contribution in [3.8, 4) is 0 Å². The SMILES string of the molecule is O=C(O)C(Br)C1(C(=O)O)CCCC1. The van der Waals surface area contributed by atoms with Crippen molar-refractivity contribution in [3.63, 3.8) is 0 Å². The first-order chi connectivity index (χ1) is 6.00. The second kappa shape index (κ2) is 3.65. The lowest BCUT2D eigenvalue weighted by Crippen LogP contribution is -2.41. The number of halogens is 1. The predicted molar refractivity (Wildman–Crippen MR) is 48.9 cm³/mol. The largest absolute Gasteiger partial charge is 0.481 e. The Balaban J connectivity index is 2.90. The van der Waals surface area contributed by atoms with Crippen molar-refractivity contribution in [3.05, 3.63) is 0 Å². The zero-order valence-corrected chi connectivity index (χ0v) is 8.58. The Hall–Kier alpha value is -0.580. The summed E-state index contributed by atoms with van der Waals surface area (Å²) in [6.45, 7) is 0. The third-order valence-corrected chi connectivity index (χ3v) is 3.89. The summed E-state index contributed by atoms with van der Waals surface area (Å²) in [7, 11) is 0. The second-order valence-electron chi connectivity index (χ2n) is 3.37. The molecule has 0 saturated heterocycles. The van der Waals surface area contributed by atoms with Gasteiger partial charge >= 0.3 is 11.9 Å². The molecule has 0 aromatic carbocycles. The first-order valence-electron chi connectivity index (χ1n) is 4.11. The number of carbonyl (C=O) groups is 2. The van der Waals surface area contributed by atoms with E-state index in [1.54, 1.807) is 0 Å². The van der Waals surface area contributed by atoms with Crippen molar-refractivity contribution in [2.24, 2.45) is 5.41 Å². The molecule has 0 aromatic rings. The summed E-state index contributed by atoms with van der Waals surface area (Å²) in [5.74, 6) is -2.10. The molecule has 1 rings (SSSR count). The molecule has 0 heterocycles. The number of aliphatic carboxylic acids is 2. The Bertz CT molecular complexity index is 232. The molecule has 74 valence electrons. The minimum atomic E-state index is -1.09. The Kier molecular flexibility index (Phi) is 2.95. The van der Waals surface area contributed by atoms with Gasteiger partial charge in [0.15, 0.2) is 0 Å². The van der Waals surface area contributed by atoms with Crippen LogP contribution in [0.2, 0.25) is 0 Å². The molecule has 1 unspecified atom stereocenters. The van der Waals surface area contributed by atoms with E-state index in [-0.39, 0.29) is 0 Å².